The predicted molar refractivity (Wildman–Crippen MR) is 90.4 cm³/mol. The van der Waals surface area contributed by atoms with Crippen molar-refractivity contribution in [1.29, 1.82) is 0 Å². The molecule has 0 aliphatic carbocycles. The lowest BCUT2D eigenvalue weighted by Gasteiger charge is -2.35. The Morgan fingerprint density at radius 3 is 2.68 bits per heavy atom. The quantitative estimate of drug-likeness (QED) is 0.923. The summed E-state index contributed by atoms with van der Waals surface area (Å²) >= 11 is 0. The summed E-state index contributed by atoms with van der Waals surface area (Å²) in [5.41, 5.74) is 2.08. The van der Waals surface area contributed by atoms with Gasteiger partial charge in [-0.05, 0) is 23.3 Å². The van der Waals surface area contributed by atoms with Crippen molar-refractivity contribution in [3.63, 3.8) is 0 Å². The van der Waals surface area contributed by atoms with Gasteiger partial charge in [-0.3, -0.25) is 9.59 Å². The molecule has 1 aliphatic rings. The van der Waals surface area contributed by atoms with E-state index in [1.165, 1.54) is 23.1 Å². The highest BCUT2D eigenvalue weighted by Gasteiger charge is 2.34. The number of fused-ring (bicyclic) bond motifs is 1. The van der Waals surface area contributed by atoms with Crippen LogP contribution in [-0.4, -0.2) is 36.4 Å². The van der Waals surface area contributed by atoms with E-state index in [4.69, 9.17) is 4.74 Å². The van der Waals surface area contributed by atoms with Gasteiger partial charge in [-0.2, -0.15) is 0 Å². The van der Waals surface area contributed by atoms with Crippen LogP contribution in [0.1, 0.15) is 11.1 Å². The number of amides is 2. The number of carbonyl (C=O) groups excluding carboxylic acids is 2. The smallest absolute Gasteiger partial charge is 0.261 e. The summed E-state index contributed by atoms with van der Waals surface area (Å²) in [6, 6.07) is 12.8. The molecule has 2 amide bonds. The Bertz CT molecular complexity index is 794. The van der Waals surface area contributed by atoms with E-state index in [1.54, 1.807) is 13.1 Å². The number of hydrogen-bond acceptors (Lipinski definition) is 3. The number of nitrogens with zero attached hydrogens (tertiary/aromatic N) is 1. The first-order valence-electron chi connectivity index (χ1n) is 8.04. The molecule has 0 aromatic heterocycles. The van der Waals surface area contributed by atoms with Crippen LogP contribution in [-0.2, 0) is 22.6 Å². The predicted octanol–water partition coefficient (Wildman–Crippen LogP) is 1.90. The van der Waals surface area contributed by atoms with Gasteiger partial charge in [0, 0.05) is 26.1 Å². The zero-order valence-corrected chi connectivity index (χ0v) is 13.9. The highest BCUT2D eigenvalue weighted by molar-refractivity contribution is 5.88. The maximum Gasteiger partial charge on any atom is 0.261 e. The van der Waals surface area contributed by atoms with E-state index < -0.39 is 11.9 Å². The molecule has 130 valence electrons. The van der Waals surface area contributed by atoms with Crippen molar-refractivity contribution in [3.8, 4) is 5.75 Å². The molecule has 1 aliphatic heterocycles. The number of nitrogens with one attached hydrogen (secondary N) is 1. The van der Waals surface area contributed by atoms with E-state index in [2.05, 4.69) is 5.32 Å². The zero-order valence-electron chi connectivity index (χ0n) is 13.9. The van der Waals surface area contributed by atoms with Gasteiger partial charge in [-0.15, -0.1) is 0 Å². The fourth-order valence-electron chi connectivity index (χ4n) is 2.97. The van der Waals surface area contributed by atoms with E-state index in [9.17, 15) is 14.0 Å². The average Bonchev–Trinajstić information content (AvgIpc) is 2.64. The second-order valence-corrected chi connectivity index (χ2v) is 5.87. The first kappa shape index (κ1) is 17.0. The topological polar surface area (TPSA) is 58.6 Å². The SMILES string of the molecule is CNC(=O)[C@H]1Cc2ccccc2CN1C(=O)COc1cccc(F)c1. The molecule has 0 spiro atoms. The molecule has 2 aromatic carbocycles. The summed E-state index contributed by atoms with van der Waals surface area (Å²) in [6.45, 7) is 0.0960. The van der Waals surface area contributed by atoms with Crippen LogP contribution in [0.2, 0.25) is 0 Å². The standard InChI is InChI=1S/C19H19FN2O3/c1-21-19(24)17-9-13-5-2-3-6-14(13)11-22(17)18(23)12-25-16-8-4-7-15(20)10-16/h2-8,10,17H,9,11-12H2,1H3,(H,21,24)/t17-/m1/s1. The third-order valence-electron chi connectivity index (χ3n) is 4.28. The van der Waals surface area contributed by atoms with Gasteiger partial charge < -0.3 is 15.0 Å². The molecule has 6 heteroatoms. The first-order valence-corrected chi connectivity index (χ1v) is 8.04. The molecule has 1 atom stereocenters. The lowest BCUT2D eigenvalue weighted by atomic mass is 9.93. The van der Waals surface area contributed by atoms with Crippen molar-refractivity contribution >= 4 is 11.8 Å². The fourth-order valence-corrected chi connectivity index (χ4v) is 2.97. The van der Waals surface area contributed by atoms with Crippen LogP contribution in [0.4, 0.5) is 4.39 Å². The van der Waals surface area contributed by atoms with Crippen LogP contribution in [0.15, 0.2) is 48.5 Å². The van der Waals surface area contributed by atoms with Crippen molar-refractivity contribution in [3.05, 3.63) is 65.5 Å². The largest absolute Gasteiger partial charge is 0.484 e. The van der Waals surface area contributed by atoms with Crippen LogP contribution >= 0.6 is 0 Å². The number of benzene rings is 2. The van der Waals surface area contributed by atoms with Gasteiger partial charge in [0.15, 0.2) is 6.61 Å². The molecule has 0 bridgehead atoms. The van der Waals surface area contributed by atoms with Gasteiger partial charge >= 0.3 is 0 Å². The second-order valence-electron chi connectivity index (χ2n) is 5.87. The highest BCUT2D eigenvalue weighted by Crippen LogP contribution is 2.24. The molecule has 25 heavy (non-hydrogen) atoms. The maximum absolute atomic E-state index is 13.2. The van der Waals surface area contributed by atoms with E-state index >= 15 is 0 Å². The van der Waals surface area contributed by atoms with Crippen molar-refractivity contribution < 1.29 is 18.7 Å². The molecule has 0 saturated heterocycles. The van der Waals surface area contributed by atoms with E-state index in [0.717, 1.165) is 11.1 Å². The number of ether oxygens (including phenoxy) is 1. The number of hydrogen-bond donors (Lipinski definition) is 1. The number of likely N-dealkylation sites (N-methyl/N-ethyl adjacent to an activating group) is 1. The average molecular weight is 342 g/mol. The van der Waals surface area contributed by atoms with Crippen molar-refractivity contribution in [1.82, 2.24) is 10.2 Å². The molecular weight excluding hydrogens is 323 g/mol. The number of carbonyl (C=O) groups is 2. The monoisotopic (exact) mass is 342 g/mol. The Hall–Kier alpha value is -2.89. The molecule has 2 aromatic rings. The molecule has 1 heterocycles. The van der Waals surface area contributed by atoms with E-state index in [0.29, 0.717) is 13.0 Å². The van der Waals surface area contributed by atoms with Gasteiger partial charge in [0.2, 0.25) is 5.91 Å². The Morgan fingerprint density at radius 1 is 1.20 bits per heavy atom. The Morgan fingerprint density at radius 2 is 1.96 bits per heavy atom. The molecule has 1 N–H and O–H groups in total. The molecule has 0 fully saturated rings. The minimum Gasteiger partial charge on any atom is -0.484 e. The fraction of sp³-hybridized carbons (Fsp3) is 0.263. The third kappa shape index (κ3) is 3.79. The maximum atomic E-state index is 13.2. The van der Waals surface area contributed by atoms with Gasteiger partial charge in [0.05, 0.1) is 0 Å². The normalized spacial score (nSPS) is 16.1. The molecule has 0 radical (unpaired) electrons. The zero-order chi connectivity index (χ0) is 17.8. The van der Waals surface area contributed by atoms with E-state index in [-0.39, 0.29) is 24.2 Å². The Labute approximate surface area is 145 Å². The van der Waals surface area contributed by atoms with Crippen LogP contribution in [0, 0.1) is 5.82 Å². The van der Waals surface area contributed by atoms with Crippen LogP contribution in [0.5, 0.6) is 5.75 Å². The van der Waals surface area contributed by atoms with Crippen molar-refractivity contribution in [2.24, 2.45) is 0 Å². The third-order valence-corrected chi connectivity index (χ3v) is 4.28. The van der Waals surface area contributed by atoms with Gasteiger partial charge in [-0.25, -0.2) is 4.39 Å². The summed E-state index contributed by atoms with van der Waals surface area (Å²) in [6.07, 6.45) is 0.460. The second kappa shape index (κ2) is 7.34. The Kier molecular flexibility index (Phi) is 4.97. The van der Waals surface area contributed by atoms with Crippen molar-refractivity contribution in [2.75, 3.05) is 13.7 Å². The van der Waals surface area contributed by atoms with Gasteiger partial charge in [0.25, 0.3) is 5.91 Å². The molecule has 0 saturated carbocycles. The minimum atomic E-state index is -0.580. The first-order chi connectivity index (χ1) is 12.1. The summed E-state index contributed by atoms with van der Waals surface area (Å²) in [5.74, 6) is -0.677. The van der Waals surface area contributed by atoms with Crippen LogP contribution in [0.3, 0.4) is 0 Å². The highest BCUT2D eigenvalue weighted by atomic mass is 19.1. The van der Waals surface area contributed by atoms with Crippen LogP contribution < -0.4 is 10.1 Å². The Balaban J connectivity index is 1.75. The van der Waals surface area contributed by atoms with Gasteiger partial charge in [0.1, 0.15) is 17.6 Å². The molecule has 5 nitrogen and oxygen atoms in total. The molecule has 3 rings (SSSR count). The minimum absolute atomic E-state index is 0.214. The lowest BCUT2D eigenvalue weighted by Crippen LogP contribution is -2.53. The van der Waals surface area contributed by atoms with Crippen molar-refractivity contribution in [2.45, 2.75) is 19.0 Å². The summed E-state index contributed by atoms with van der Waals surface area (Å²) in [4.78, 5) is 26.4. The van der Waals surface area contributed by atoms with Crippen LogP contribution in [0.25, 0.3) is 0 Å². The molecule has 0 unspecified atom stereocenters. The summed E-state index contributed by atoms with van der Waals surface area (Å²) < 4.78 is 18.6. The summed E-state index contributed by atoms with van der Waals surface area (Å²) in [5, 5.41) is 2.61. The lowest BCUT2D eigenvalue weighted by molar-refractivity contribution is -0.143. The van der Waals surface area contributed by atoms with E-state index in [1.807, 2.05) is 24.3 Å². The number of rotatable bonds is 4. The summed E-state index contributed by atoms with van der Waals surface area (Å²) in [7, 11) is 1.55. The molecular formula is C19H19FN2O3. The number of halogens is 1. The van der Waals surface area contributed by atoms with Gasteiger partial charge in [-0.1, -0.05) is 30.3 Å².